The van der Waals surface area contributed by atoms with Gasteiger partial charge < -0.3 is 9.47 Å². The van der Waals surface area contributed by atoms with Crippen LogP contribution in [0.2, 0.25) is 0 Å². The highest BCUT2D eigenvalue weighted by Gasteiger charge is 2.14. The third kappa shape index (κ3) is 6.00. The first kappa shape index (κ1) is 20.8. The minimum absolute atomic E-state index is 0.0143. The summed E-state index contributed by atoms with van der Waals surface area (Å²) in [5, 5.41) is 0. The van der Waals surface area contributed by atoms with Crippen molar-refractivity contribution < 1.29 is 30.9 Å². The van der Waals surface area contributed by atoms with Gasteiger partial charge in [0.2, 0.25) is 0 Å². The Labute approximate surface area is 167 Å². The normalized spacial score (nSPS) is 11.3. The lowest BCUT2D eigenvalue weighted by Crippen LogP contribution is -2.13. The van der Waals surface area contributed by atoms with Gasteiger partial charge in [-0.25, -0.2) is 8.78 Å². The van der Waals surface area contributed by atoms with Crippen molar-refractivity contribution in [1.82, 2.24) is 0 Å². The molecule has 0 aliphatic heterocycles. The zero-order valence-electron chi connectivity index (χ0n) is 15.5. The number of hydrogen-bond acceptors (Lipinski definition) is 5. The molecule has 0 saturated carbocycles. The van der Waals surface area contributed by atoms with E-state index in [0.717, 1.165) is 23.8 Å². The summed E-state index contributed by atoms with van der Waals surface area (Å²) in [5.74, 6) is -0.619. The molecule has 0 atom stereocenters. The average Bonchev–Trinajstić information content (AvgIpc) is 2.66. The molecule has 0 N–H and O–H groups in total. The van der Waals surface area contributed by atoms with E-state index in [1.807, 2.05) is 6.92 Å². The molecule has 5 nitrogen and oxygen atoms in total. The minimum Gasteiger partial charge on any atom is -0.491 e. The van der Waals surface area contributed by atoms with Gasteiger partial charge in [0.05, 0.1) is 4.90 Å². The second-order valence-corrected chi connectivity index (χ2v) is 7.73. The first-order valence-electron chi connectivity index (χ1n) is 8.65. The Morgan fingerprint density at radius 3 is 1.97 bits per heavy atom. The second kappa shape index (κ2) is 9.02. The molecule has 0 unspecified atom stereocenters. The number of benzene rings is 3. The summed E-state index contributed by atoms with van der Waals surface area (Å²) in [5.41, 5.74) is 0.947. The van der Waals surface area contributed by atoms with E-state index in [9.17, 15) is 17.2 Å². The van der Waals surface area contributed by atoms with Gasteiger partial charge in [-0.05, 0) is 43.3 Å². The summed E-state index contributed by atoms with van der Waals surface area (Å²) in [4.78, 5) is 0.0818. The molecule has 152 valence electrons. The maximum atomic E-state index is 13.2. The minimum atomic E-state index is -3.84. The van der Waals surface area contributed by atoms with Gasteiger partial charge in [0.15, 0.2) is 0 Å². The van der Waals surface area contributed by atoms with Crippen molar-refractivity contribution >= 4 is 10.1 Å². The maximum Gasteiger partial charge on any atom is 0.297 e. The van der Waals surface area contributed by atoms with E-state index < -0.39 is 21.8 Å². The maximum absolute atomic E-state index is 13.2. The average molecular weight is 420 g/mol. The molecule has 0 fully saturated rings. The molecule has 0 aliphatic carbocycles. The second-order valence-electron chi connectivity index (χ2n) is 6.12. The monoisotopic (exact) mass is 420 g/mol. The zero-order chi connectivity index (χ0) is 20.9. The summed E-state index contributed by atoms with van der Waals surface area (Å²) >= 11 is 0. The van der Waals surface area contributed by atoms with Crippen molar-refractivity contribution in [3.8, 4) is 17.2 Å². The predicted molar refractivity (Wildman–Crippen MR) is 103 cm³/mol. The highest BCUT2D eigenvalue weighted by Crippen LogP contribution is 2.25. The van der Waals surface area contributed by atoms with Gasteiger partial charge in [-0.2, -0.15) is 8.42 Å². The molecule has 3 aromatic rings. The summed E-state index contributed by atoms with van der Waals surface area (Å²) < 4.78 is 66.3. The summed E-state index contributed by atoms with van der Waals surface area (Å²) in [7, 11) is -3.84. The fraction of sp³-hybridized carbons (Fsp3) is 0.143. The van der Waals surface area contributed by atoms with E-state index in [1.54, 1.807) is 36.4 Å². The molecule has 0 aromatic heterocycles. The van der Waals surface area contributed by atoms with Crippen LogP contribution in [-0.2, 0) is 14.3 Å². The first-order chi connectivity index (χ1) is 13.8. The topological polar surface area (TPSA) is 61.8 Å². The molecular weight excluding hydrogens is 402 g/mol. The van der Waals surface area contributed by atoms with Crippen molar-refractivity contribution in [1.29, 1.82) is 0 Å². The smallest absolute Gasteiger partial charge is 0.297 e. The van der Waals surface area contributed by atoms with Crippen molar-refractivity contribution in [2.45, 2.75) is 11.8 Å². The van der Waals surface area contributed by atoms with Gasteiger partial charge in [-0.1, -0.05) is 17.7 Å². The van der Waals surface area contributed by atoms with Crippen LogP contribution in [0, 0.1) is 18.6 Å². The molecule has 3 aromatic carbocycles. The summed E-state index contributed by atoms with van der Waals surface area (Å²) in [6, 6.07) is 15.5. The van der Waals surface area contributed by atoms with Crippen LogP contribution in [0.15, 0.2) is 71.6 Å². The Balaban J connectivity index is 1.49. The predicted octanol–water partition coefficient (Wildman–Crippen LogP) is 4.85. The molecule has 0 amide bonds. The van der Waals surface area contributed by atoms with Gasteiger partial charge in [-0.3, -0.25) is 4.18 Å². The molecular formula is C21H18F2O5S. The number of rotatable bonds is 8. The van der Waals surface area contributed by atoms with Crippen LogP contribution in [0.5, 0.6) is 17.2 Å². The molecule has 8 heteroatoms. The van der Waals surface area contributed by atoms with E-state index in [4.69, 9.17) is 13.7 Å². The Kier molecular flexibility index (Phi) is 6.46. The van der Waals surface area contributed by atoms with Crippen molar-refractivity contribution in [3.05, 3.63) is 83.9 Å². The molecule has 0 saturated heterocycles. The molecule has 0 bridgehead atoms. The van der Waals surface area contributed by atoms with Gasteiger partial charge >= 0.3 is 0 Å². The van der Waals surface area contributed by atoms with E-state index in [0.29, 0.717) is 11.5 Å². The third-order valence-corrected chi connectivity index (χ3v) is 5.12. The van der Waals surface area contributed by atoms with Crippen LogP contribution in [0.1, 0.15) is 5.56 Å². The van der Waals surface area contributed by atoms with E-state index in [-0.39, 0.29) is 23.9 Å². The molecule has 3 rings (SSSR count). The fourth-order valence-electron chi connectivity index (χ4n) is 2.40. The van der Waals surface area contributed by atoms with Crippen LogP contribution in [0.4, 0.5) is 8.78 Å². The highest BCUT2D eigenvalue weighted by molar-refractivity contribution is 7.86. The number of halogens is 2. The Morgan fingerprint density at radius 1 is 0.759 bits per heavy atom. The van der Waals surface area contributed by atoms with E-state index in [2.05, 4.69) is 0 Å². The lowest BCUT2D eigenvalue weighted by Gasteiger charge is -2.09. The fourth-order valence-corrected chi connectivity index (χ4v) is 3.30. The number of hydrogen-bond donors (Lipinski definition) is 0. The van der Waals surface area contributed by atoms with Crippen LogP contribution >= 0.6 is 0 Å². The largest absolute Gasteiger partial charge is 0.491 e. The van der Waals surface area contributed by atoms with Gasteiger partial charge in [-0.15, -0.1) is 0 Å². The molecule has 29 heavy (non-hydrogen) atoms. The van der Waals surface area contributed by atoms with Crippen molar-refractivity contribution in [3.63, 3.8) is 0 Å². The summed E-state index contributed by atoms with van der Waals surface area (Å²) in [6.07, 6.45) is 0. The Hall–Kier alpha value is -2.97. The molecule has 0 spiro atoms. The third-order valence-electron chi connectivity index (χ3n) is 3.80. The number of aryl methyl sites for hydroxylation is 1. The molecule has 0 aliphatic rings. The first-order valence-corrected chi connectivity index (χ1v) is 10.1. The van der Waals surface area contributed by atoms with Crippen LogP contribution in [0.25, 0.3) is 0 Å². The van der Waals surface area contributed by atoms with E-state index in [1.165, 1.54) is 12.1 Å². The van der Waals surface area contributed by atoms with Crippen LogP contribution in [0.3, 0.4) is 0 Å². The van der Waals surface area contributed by atoms with Crippen LogP contribution < -0.4 is 9.47 Å². The SMILES string of the molecule is Cc1ccc(S(=O)(=O)OCCOc2ccc(Oc3cc(F)cc(F)c3)cc2)cc1. The number of ether oxygens (including phenoxy) is 2. The van der Waals surface area contributed by atoms with Gasteiger partial charge in [0, 0.05) is 18.2 Å². The zero-order valence-corrected chi connectivity index (χ0v) is 16.3. The highest BCUT2D eigenvalue weighted by atomic mass is 32.2. The molecule has 0 radical (unpaired) electrons. The lowest BCUT2D eigenvalue weighted by molar-refractivity contribution is 0.221. The van der Waals surface area contributed by atoms with Crippen LogP contribution in [-0.4, -0.2) is 21.6 Å². The van der Waals surface area contributed by atoms with Gasteiger partial charge in [0.25, 0.3) is 10.1 Å². The standard InChI is InChI=1S/C21H18F2O5S/c1-15-2-8-21(9-3-15)29(24,25)27-11-10-26-18-4-6-19(7-5-18)28-20-13-16(22)12-17(23)14-20/h2-9,12-14H,10-11H2,1H3. The quantitative estimate of drug-likeness (QED) is 0.385. The van der Waals surface area contributed by atoms with E-state index >= 15 is 0 Å². The molecule has 0 heterocycles. The summed E-state index contributed by atoms with van der Waals surface area (Å²) in [6.45, 7) is 1.72. The Bertz CT molecular complexity index is 1040. The van der Waals surface area contributed by atoms with Gasteiger partial charge in [0.1, 0.15) is 42.1 Å². The van der Waals surface area contributed by atoms with Crippen molar-refractivity contribution in [2.75, 3.05) is 13.2 Å². The lowest BCUT2D eigenvalue weighted by atomic mass is 10.2. The van der Waals surface area contributed by atoms with Crippen molar-refractivity contribution in [2.24, 2.45) is 0 Å². The Morgan fingerprint density at radius 2 is 1.34 bits per heavy atom.